The van der Waals surface area contributed by atoms with E-state index in [9.17, 15) is 13.2 Å². The molecule has 11 heteroatoms. The third-order valence-electron chi connectivity index (χ3n) is 2.91. The Morgan fingerprint density at radius 2 is 2.17 bits per heavy atom. The quantitative estimate of drug-likeness (QED) is 0.677. The zero-order chi connectivity index (χ0) is 16.4. The lowest BCUT2D eigenvalue weighted by Gasteiger charge is -2.04. The van der Waals surface area contributed by atoms with Crippen molar-refractivity contribution < 1.29 is 17.8 Å². The summed E-state index contributed by atoms with van der Waals surface area (Å²) >= 11 is 4.47. The fraction of sp³-hybridized carbons (Fsp3) is 0.167. The van der Waals surface area contributed by atoms with Crippen LogP contribution in [0.5, 0.6) is 0 Å². The number of anilines is 1. The lowest BCUT2D eigenvalue weighted by molar-refractivity contribution is -0.115. The minimum Gasteiger partial charge on any atom is -0.302 e. The van der Waals surface area contributed by atoms with E-state index in [1.165, 1.54) is 17.4 Å². The van der Waals surface area contributed by atoms with E-state index in [0.717, 1.165) is 3.79 Å². The number of sulfone groups is 1. The lowest BCUT2D eigenvalue weighted by atomic mass is 10.3. The number of benzene rings is 1. The fourth-order valence-corrected chi connectivity index (χ4v) is 4.38. The molecule has 120 valence electrons. The Morgan fingerprint density at radius 1 is 1.35 bits per heavy atom. The van der Waals surface area contributed by atoms with E-state index in [1.807, 2.05) is 0 Å². The molecule has 0 spiro atoms. The molecule has 0 aliphatic heterocycles. The Morgan fingerprint density at radius 3 is 2.91 bits per heavy atom. The number of hydrogen-bond acceptors (Lipinski definition) is 8. The van der Waals surface area contributed by atoms with E-state index in [-0.39, 0.29) is 22.6 Å². The number of thiazole rings is 1. The van der Waals surface area contributed by atoms with Gasteiger partial charge in [0.1, 0.15) is 5.52 Å². The summed E-state index contributed by atoms with van der Waals surface area (Å²) in [5.41, 5.74) is 0.514. The molecule has 2 heterocycles. The summed E-state index contributed by atoms with van der Waals surface area (Å²) in [6, 6.07) is 4.56. The van der Waals surface area contributed by atoms with Crippen LogP contribution in [0.15, 0.2) is 37.7 Å². The Bertz CT molecular complexity index is 966. The topological polar surface area (TPSA) is 115 Å². The van der Waals surface area contributed by atoms with Gasteiger partial charge in [0, 0.05) is 6.42 Å². The predicted octanol–water partition coefficient (Wildman–Crippen LogP) is 2.24. The highest BCUT2D eigenvalue weighted by Gasteiger charge is 2.21. The second kappa shape index (κ2) is 6.34. The number of nitrogens with zero attached hydrogens (tertiary/aromatic N) is 3. The number of aromatic nitrogens is 3. The molecular weight excluding hydrogens is 408 g/mol. The molecule has 1 aromatic carbocycles. The SMILES string of the molecule is O=C(CCS(=O)(=O)c1cccc2nonc12)Nc1ncc(Br)s1. The Hall–Kier alpha value is -1.85. The molecule has 0 atom stereocenters. The number of hydrogen-bond donors (Lipinski definition) is 1. The number of halogens is 1. The van der Waals surface area contributed by atoms with Crippen LogP contribution in [0.2, 0.25) is 0 Å². The number of fused-ring (bicyclic) bond motifs is 1. The minimum absolute atomic E-state index is 0.000966. The average Bonchev–Trinajstić information content (AvgIpc) is 3.13. The zero-order valence-electron chi connectivity index (χ0n) is 11.4. The van der Waals surface area contributed by atoms with Crippen molar-refractivity contribution in [3.63, 3.8) is 0 Å². The summed E-state index contributed by atoms with van der Waals surface area (Å²) in [4.78, 5) is 15.8. The molecule has 1 amide bonds. The van der Waals surface area contributed by atoms with Crippen LogP contribution in [0, 0.1) is 0 Å². The van der Waals surface area contributed by atoms with Crippen LogP contribution in [0.4, 0.5) is 5.13 Å². The van der Waals surface area contributed by atoms with Gasteiger partial charge in [-0.05, 0) is 38.4 Å². The predicted molar refractivity (Wildman–Crippen MR) is 86.9 cm³/mol. The fourth-order valence-electron chi connectivity index (χ4n) is 1.86. The standard InChI is InChI=1S/C12H9BrN4O4S2/c13-9-6-14-12(22-9)15-10(18)4-5-23(19,20)8-3-1-2-7-11(8)17-21-16-7/h1-3,6H,4-5H2,(H,14,15,18). The molecule has 0 bridgehead atoms. The molecule has 23 heavy (non-hydrogen) atoms. The molecule has 1 N–H and O–H groups in total. The monoisotopic (exact) mass is 416 g/mol. The number of rotatable bonds is 5. The van der Waals surface area contributed by atoms with Crippen molar-refractivity contribution in [2.24, 2.45) is 0 Å². The van der Waals surface area contributed by atoms with E-state index in [2.05, 4.69) is 41.2 Å². The first kappa shape index (κ1) is 16.0. The smallest absolute Gasteiger partial charge is 0.227 e. The van der Waals surface area contributed by atoms with Gasteiger partial charge in [0.25, 0.3) is 0 Å². The largest absolute Gasteiger partial charge is 0.302 e. The first-order chi connectivity index (χ1) is 11.0. The third-order valence-corrected chi connectivity index (χ3v) is 6.04. The van der Waals surface area contributed by atoms with Gasteiger partial charge in [-0.25, -0.2) is 18.0 Å². The van der Waals surface area contributed by atoms with Crippen LogP contribution in [0.3, 0.4) is 0 Å². The van der Waals surface area contributed by atoms with Crippen molar-refractivity contribution in [3.8, 4) is 0 Å². The summed E-state index contributed by atoms with van der Waals surface area (Å²) in [6.07, 6.45) is 1.36. The van der Waals surface area contributed by atoms with E-state index < -0.39 is 15.7 Å². The molecule has 0 saturated heterocycles. The Balaban J connectivity index is 1.71. The van der Waals surface area contributed by atoms with Gasteiger partial charge in [0.15, 0.2) is 20.5 Å². The van der Waals surface area contributed by atoms with Crippen LogP contribution in [0.25, 0.3) is 11.0 Å². The van der Waals surface area contributed by atoms with Crippen LogP contribution in [-0.2, 0) is 14.6 Å². The molecule has 0 aliphatic rings. The third kappa shape index (κ3) is 3.57. The van der Waals surface area contributed by atoms with E-state index in [0.29, 0.717) is 10.6 Å². The van der Waals surface area contributed by atoms with E-state index >= 15 is 0 Å². The second-order valence-electron chi connectivity index (χ2n) is 4.47. The van der Waals surface area contributed by atoms with Gasteiger partial charge in [0.2, 0.25) is 5.91 Å². The first-order valence-electron chi connectivity index (χ1n) is 6.31. The van der Waals surface area contributed by atoms with Crippen LogP contribution < -0.4 is 5.32 Å². The van der Waals surface area contributed by atoms with Gasteiger partial charge < -0.3 is 5.32 Å². The molecule has 3 aromatic rings. The molecule has 0 unspecified atom stereocenters. The lowest BCUT2D eigenvalue weighted by Crippen LogP contribution is -2.17. The maximum absolute atomic E-state index is 12.4. The molecule has 0 radical (unpaired) electrons. The second-order valence-corrected chi connectivity index (χ2v) is 8.96. The van der Waals surface area contributed by atoms with Crippen LogP contribution in [-0.4, -0.2) is 35.4 Å². The maximum atomic E-state index is 12.4. The summed E-state index contributed by atoms with van der Waals surface area (Å²) in [6.45, 7) is 0. The summed E-state index contributed by atoms with van der Waals surface area (Å²) < 4.78 is 30.1. The summed E-state index contributed by atoms with van der Waals surface area (Å²) in [7, 11) is -3.69. The average molecular weight is 417 g/mol. The number of carbonyl (C=O) groups excluding carboxylic acids is 1. The first-order valence-corrected chi connectivity index (χ1v) is 9.57. The van der Waals surface area contributed by atoms with Crippen molar-refractivity contribution >= 4 is 59.2 Å². The summed E-state index contributed by atoms with van der Waals surface area (Å²) in [5.74, 6) is -0.780. The Labute approximate surface area is 142 Å². The van der Waals surface area contributed by atoms with Gasteiger partial charge in [-0.1, -0.05) is 17.4 Å². The van der Waals surface area contributed by atoms with Gasteiger partial charge in [-0.2, -0.15) is 0 Å². The number of carbonyl (C=O) groups is 1. The van der Waals surface area contributed by atoms with Gasteiger partial charge in [-0.3, -0.25) is 4.79 Å². The summed E-state index contributed by atoms with van der Waals surface area (Å²) in [5, 5.41) is 10.2. The van der Waals surface area contributed by atoms with E-state index in [4.69, 9.17) is 0 Å². The van der Waals surface area contributed by atoms with Gasteiger partial charge >= 0.3 is 0 Å². The van der Waals surface area contributed by atoms with Crippen molar-refractivity contribution in [2.45, 2.75) is 11.3 Å². The van der Waals surface area contributed by atoms with Crippen LogP contribution >= 0.6 is 27.3 Å². The molecule has 0 saturated carbocycles. The highest BCUT2D eigenvalue weighted by atomic mass is 79.9. The van der Waals surface area contributed by atoms with E-state index in [1.54, 1.807) is 18.3 Å². The van der Waals surface area contributed by atoms with Crippen LogP contribution in [0.1, 0.15) is 6.42 Å². The number of amides is 1. The minimum atomic E-state index is -3.69. The number of nitrogens with one attached hydrogen (secondary N) is 1. The Kier molecular flexibility index (Phi) is 4.41. The van der Waals surface area contributed by atoms with Crippen molar-refractivity contribution in [3.05, 3.63) is 28.2 Å². The van der Waals surface area contributed by atoms with Crippen molar-refractivity contribution in [2.75, 3.05) is 11.1 Å². The molecular formula is C12H9BrN4O4S2. The molecule has 3 rings (SSSR count). The molecule has 0 fully saturated rings. The normalized spacial score (nSPS) is 11.7. The van der Waals surface area contributed by atoms with Gasteiger partial charge in [-0.15, -0.1) is 0 Å². The zero-order valence-corrected chi connectivity index (χ0v) is 14.6. The maximum Gasteiger partial charge on any atom is 0.227 e. The van der Waals surface area contributed by atoms with Crippen molar-refractivity contribution in [1.29, 1.82) is 0 Å². The highest BCUT2D eigenvalue weighted by molar-refractivity contribution is 9.11. The van der Waals surface area contributed by atoms with Crippen molar-refractivity contribution in [1.82, 2.24) is 15.3 Å². The van der Waals surface area contributed by atoms with Gasteiger partial charge in [0.05, 0.1) is 20.6 Å². The highest BCUT2D eigenvalue weighted by Crippen LogP contribution is 2.24. The molecule has 8 nitrogen and oxygen atoms in total. The molecule has 2 aromatic heterocycles. The molecule has 0 aliphatic carbocycles.